The number of nitrogens with zero attached hydrogens (tertiary/aromatic N) is 3. The van der Waals surface area contributed by atoms with Gasteiger partial charge in [0.1, 0.15) is 11.4 Å². The molecule has 0 radical (unpaired) electrons. The zero-order chi connectivity index (χ0) is 20.4. The van der Waals surface area contributed by atoms with Crippen LogP contribution in [0.2, 0.25) is 0 Å². The summed E-state index contributed by atoms with van der Waals surface area (Å²) in [7, 11) is 0. The maximum atomic E-state index is 12.0. The Balaban J connectivity index is 1.67. The van der Waals surface area contributed by atoms with Gasteiger partial charge in [0.15, 0.2) is 5.82 Å². The Labute approximate surface area is 167 Å². The standard InChI is InChI=1S/C20H22N6O3/c21-5-1-7-29-17-11-23-16(19(22)27)10-15(17)13-4-6-26-14(8-13)9-18(25-26)24-20(28)12-2-3-12/h4,6,8-12H,1-3,5,7,21H2,(H2,22,27)(H,24,25,28). The van der Waals surface area contributed by atoms with Crippen LogP contribution in [0, 0.1) is 5.92 Å². The van der Waals surface area contributed by atoms with Crippen LogP contribution in [0.1, 0.15) is 29.8 Å². The monoisotopic (exact) mass is 394 g/mol. The van der Waals surface area contributed by atoms with Crippen LogP contribution in [0.25, 0.3) is 16.6 Å². The van der Waals surface area contributed by atoms with Gasteiger partial charge in [-0.1, -0.05) is 0 Å². The van der Waals surface area contributed by atoms with Crippen molar-refractivity contribution in [3.05, 3.63) is 42.4 Å². The molecule has 9 heteroatoms. The van der Waals surface area contributed by atoms with Crippen molar-refractivity contribution < 1.29 is 14.3 Å². The van der Waals surface area contributed by atoms with Crippen LogP contribution in [0.5, 0.6) is 5.75 Å². The molecule has 0 aliphatic heterocycles. The van der Waals surface area contributed by atoms with Crippen LogP contribution in [-0.4, -0.2) is 39.6 Å². The number of rotatable bonds is 8. The number of hydrogen-bond donors (Lipinski definition) is 3. The van der Waals surface area contributed by atoms with E-state index in [4.69, 9.17) is 16.2 Å². The fraction of sp³-hybridized carbons (Fsp3) is 0.300. The van der Waals surface area contributed by atoms with Gasteiger partial charge in [-0.3, -0.25) is 9.59 Å². The first-order valence-corrected chi connectivity index (χ1v) is 9.48. The van der Waals surface area contributed by atoms with Gasteiger partial charge in [0.2, 0.25) is 5.91 Å². The molecule has 5 N–H and O–H groups in total. The Morgan fingerprint density at radius 3 is 2.83 bits per heavy atom. The van der Waals surface area contributed by atoms with E-state index in [1.54, 1.807) is 22.8 Å². The van der Waals surface area contributed by atoms with Gasteiger partial charge in [0, 0.05) is 23.7 Å². The number of carbonyl (C=O) groups excluding carboxylic acids is 2. The lowest BCUT2D eigenvalue weighted by atomic mass is 10.1. The summed E-state index contributed by atoms with van der Waals surface area (Å²) in [6.45, 7) is 0.951. The number of amides is 2. The molecule has 1 aliphatic carbocycles. The molecular formula is C20H22N6O3. The number of carbonyl (C=O) groups is 2. The molecule has 0 unspecified atom stereocenters. The molecule has 0 atom stereocenters. The van der Waals surface area contributed by atoms with Crippen molar-refractivity contribution in [3.63, 3.8) is 0 Å². The average Bonchev–Trinajstić information content (AvgIpc) is 3.48. The first-order chi connectivity index (χ1) is 14.0. The zero-order valence-corrected chi connectivity index (χ0v) is 15.8. The number of nitrogens with two attached hydrogens (primary N) is 2. The van der Waals surface area contributed by atoms with E-state index in [2.05, 4.69) is 15.4 Å². The largest absolute Gasteiger partial charge is 0.491 e. The van der Waals surface area contributed by atoms with Crippen molar-refractivity contribution >= 4 is 23.1 Å². The molecule has 3 aromatic rings. The molecule has 150 valence electrons. The Morgan fingerprint density at radius 1 is 1.28 bits per heavy atom. The quantitative estimate of drug-likeness (QED) is 0.496. The SMILES string of the molecule is NCCCOc1cnc(C(N)=O)cc1-c1ccn2nc(NC(=O)C3CC3)cc2c1. The van der Waals surface area contributed by atoms with Crippen molar-refractivity contribution in [1.29, 1.82) is 0 Å². The summed E-state index contributed by atoms with van der Waals surface area (Å²) in [5, 5.41) is 7.22. The molecule has 0 saturated heterocycles. The van der Waals surface area contributed by atoms with Crippen molar-refractivity contribution in [3.8, 4) is 16.9 Å². The summed E-state index contributed by atoms with van der Waals surface area (Å²) < 4.78 is 7.47. The van der Waals surface area contributed by atoms with E-state index in [0.29, 0.717) is 36.7 Å². The van der Waals surface area contributed by atoms with Crippen LogP contribution in [0.4, 0.5) is 5.82 Å². The zero-order valence-electron chi connectivity index (χ0n) is 15.8. The van der Waals surface area contributed by atoms with Gasteiger partial charge in [-0.15, -0.1) is 0 Å². The highest BCUT2D eigenvalue weighted by atomic mass is 16.5. The van der Waals surface area contributed by atoms with Crippen molar-refractivity contribution in [2.24, 2.45) is 17.4 Å². The molecule has 2 amide bonds. The van der Waals surface area contributed by atoms with Crippen molar-refractivity contribution in [2.45, 2.75) is 19.3 Å². The Kier molecular flexibility index (Phi) is 5.13. The van der Waals surface area contributed by atoms with E-state index >= 15 is 0 Å². The molecule has 3 aromatic heterocycles. The van der Waals surface area contributed by atoms with Crippen molar-refractivity contribution in [2.75, 3.05) is 18.5 Å². The lowest BCUT2D eigenvalue weighted by Crippen LogP contribution is -2.13. The molecule has 1 fully saturated rings. The van der Waals surface area contributed by atoms with Gasteiger partial charge in [-0.25, -0.2) is 9.50 Å². The number of hydrogen-bond acceptors (Lipinski definition) is 6. The molecule has 0 bridgehead atoms. The predicted molar refractivity (Wildman–Crippen MR) is 107 cm³/mol. The van der Waals surface area contributed by atoms with Crippen LogP contribution in [-0.2, 0) is 4.79 Å². The van der Waals surface area contributed by atoms with Crippen LogP contribution < -0.4 is 21.5 Å². The summed E-state index contributed by atoms with van der Waals surface area (Å²) in [5.74, 6) is 0.535. The molecule has 29 heavy (non-hydrogen) atoms. The number of nitrogens with one attached hydrogen (secondary N) is 1. The number of primary amides is 1. The first kappa shape index (κ1) is 18.9. The van der Waals surface area contributed by atoms with Gasteiger partial charge in [-0.2, -0.15) is 5.10 Å². The number of aromatic nitrogens is 3. The van der Waals surface area contributed by atoms with Gasteiger partial charge in [-0.05, 0) is 49.6 Å². The fourth-order valence-electron chi connectivity index (χ4n) is 2.98. The highest BCUT2D eigenvalue weighted by molar-refractivity contribution is 5.94. The molecule has 1 saturated carbocycles. The maximum absolute atomic E-state index is 12.0. The van der Waals surface area contributed by atoms with Gasteiger partial charge in [0.05, 0.1) is 18.3 Å². The summed E-state index contributed by atoms with van der Waals surface area (Å²) in [4.78, 5) is 27.6. The van der Waals surface area contributed by atoms with Crippen molar-refractivity contribution in [1.82, 2.24) is 14.6 Å². The molecule has 1 aliphatic rings. The Hall–Kier alpha value is -3.46. The topological polar surface area (TPSA) is 138 Å². The summed E-state index contributed by atoms with van der Waals surface area (Å²) >= 11 is 0. The third-order valence-corrected chi connectivity index (χ3v) is 4.70. The van der Waals surface area contributed by atoms with E-state index in [1.165, 1.54) is 6.20 Å². The second kappa shape index (κ2) is 7.88. The maximum Gasteiger partial charge on any atom is 0.267 e. The number of anilines is 1. The van der Waals surface area contributed by atoms with Gasteiger partial charge >= 0.3 is 0 Å². The van der Waals surface area contributed by atoms with E-state index in [9.17, 15) is 9.59 Å². The first-order valence-electron chi connectivity index (χ1n) is 9.48. The highest BCUT2D eigenvalue weighted by Gasteiger charge is 2.30. The third kappa shape index (κ3) is 4.19. The minimum atomic E-state index is -0.615. The molecule has 4 rings (SSSR count). The summed E-state index contributed by atoms with van der Waals surface area (Å²) in [6.07, 6.45) is 5.84. The van der Waals surface area contributed by atoms with Crippen LogP contribution in [0.15, 0.2) is 36.7 Å². The summed E-state index contributed by atoms with van der Waals surface area (Å²) in [6, 6.07) is 7.16. The van der Waals surface area contributed by atoms with Crippen LogP contribution in [0.3, 0.4) is 0 Å². The minimum absolute atomic E-state index is 0.00412. The Bertz CT molecular complexity index is 1070. The van der Waals surface area contributed by atoms with E-state index in [-0.39, 0.29) is 17.5 Å². The van der Waals surface area contributed by atoms with E-state index < -0.39 is 5.91 Å². The van der Waals surface area contributed by atoms with Crippen LogP contribution >= 0.6 is 0 Å². The molecule has 0 spiro atoms. The molecule has 3 heterocycles. The van der Waals surface area contributed by atoms with Gasteiger partial charge < -0.3 is 21.5 Å². The second-order valence-corrected chi connectivity index (χ2v) is 7.00. The molecule has 0 aromatic carbocycles. The minimum Gasteiger partial charge on any atom is -0.491 e. The molecule has 9 nitrogen and oxygen atoms in total. The molecular weight excluding hydrogens is 372 g/mol. The predicted octanol–water partition coefficient (Wildman–Crippen LogP) is 1.57. The highest BCUT2D eigenvalue weighted by Crippen LogP contribution is 2.32. The third-order valence-electron chi connectivity index (χ3n) is 4.70. The summed E-state index contributed by atoms with van der Waals surface area (Å²) in [5.41, 5.74) is 13.4. The van der Waals surface area contributed by atoms with Gasteiger partial charge in [0.25, 0.3) is 5.91 Å². The van der Waals surface area contributed by atoms with E-state index in [1.807, 2.05) is 12.1 Å². The smallest absolute Gasteiger partial charge is 0.267 e. The van der Waals surface area contributed by atoms with E-state index in [0.717, 1.165) is 23.9 Å². The normalized spacial score (nSPS) is 13.4. The fourth-order valence-corrected chi connectivity index (χ4v) is 2.98. The Morgan fingerprint density at radius 2 is 2.10 bits per heavy atom. The number of pyridine rings is 2. The number of ether oxygens (including phenoxy) is 1. The lowest BCUT2D eigenvalue weighted by molar-refractivity contribution is -0.117. The average molecular weight is 394 g/mol. The second-order valence-electron chi connectivity index (χ2n) is 7.00. The lowest BCUT2D eigenvalue weighted by Gasteiger charge is -2.12. The number of fused-ring (bicyclic) bond motifs is 1.